The fourth-order valence-corrected chi connectivity index (χ4v) is 2.52. The van der Waals surface area contributed by atoms with Crippen LogP contribution in [-0.2, 0) is 0 Å². The summed E-state index contributed by atoms with van der Waals surface area (Å²) in [5, 5.41) is 0. The van der Waals surface area contributed by atoms with E-state index in [1.807, 2.05) is 38.1 Å². The van der Waals surface area contributed by atoms with Crippen molar-refractivity contribution in [2.24, 2.45) is 0 Å². The van der Waals surface area contributed by atoms with Crippen LogP contribution in [0.2, 0.25) is 0 Å². The van der Waals surface area contributed by atoms with E-state index in [-0.39, 0.29) is 5.56 Å². The van der Waals surface area contributed by atoms with E-state index < -0.39 is 17.4 Å². The van der Waals surface area contributed by atoms with Gasteiger partial charge in [-0.15, -0.1) is 0 Å². The lowest BCUT2D eigenvalue weighted by molar-refractivity contribution is 0.0845. The number of rotatable bonds is 3. The molecule has 2 N–H and O–H groups in total. The van der Waals surface area contributed by atoms with Gasteiger partial charge in [0, 0.05) is 37.7 Å². The molecule has 0 radical (unpaired) electrons. The average molecular weight is 365 g/mol. The lowest BCUT2D eigenvalue weighted by Crippen LogP contribution is -2.43. The zero-order valence-electron chi connectivity index (χ0n) is 15.2. The number of carbonyl (C=O) groups is 2. The molecule has 0 unspecified atom stereocenters. The first-order chi connectivity index (χ1) is 12.9. The van der Waals surface area contributed by atoms with Gasteiger partial charge in [-0.05, 0) is 36.8 Å². The Hall–Kier alpha value is -3.68. The molecule has 0 aliphatic carbocycles. The van der Waals surface area contributed by atoms with E-state index in [1.54, 1.807) is 30.5 Å². The van der Waals surface area contributed by atoms with Crippen LogP contribution in [0.1, 0.15) is 26.3 Å². The number of fused-ring (bicyclic) bond motifs is 1. The summed E-state index contributed by atoms with van der Waals surface area (Å²) in [4.78, 5) is 43.0. The minimum absolute atomic E-state index is 0.166. The van der Waals surface area contributed by atoms with Gasteiger partial charge in [-0.25, -0.2) is 4.98 Å². The molecule has 0 aliphatic rings. The Bertz CT molecular complexity index is 1090. The largest absolute Gasteiger partial charge is 0.378 e. The lowest BCUT2D eigenvalue weighted by atomic mass is 10.2. The number of nitrogens with zero attached hydrogens (tertiary/aromatic N) is 3. The van der Waals surface area contributed by atoms with Crippen LogP contribution < -0.4 is 21.3 Å². The van der Waals surface area contributed by atoms with Crippen molar-refractivity contribution in [2.45, 2.75) is 6.92 Å². The third-order valence-corrected chi connectivity index (χ3v) is 4.01. The van der Waals surface area contributed by atoms with E-state index >= 15 is 0 Å². The van der Waals surface area contributed by atoms with Gasteiger partial charge in [-0.2, -0.15) is 0 Å². The van der Waals surface area contributed by atoms with Crippen molar-refractivity contribution < 1.29 is 9.59 Å². The standard InChI is InChI=1S/C19H19N5O3/c1-12-7-8-16-20-10-15(19(27)24(16)11-12)18(26)22-21-17(25)13-5-4-6-14(9-13)23(2)3/h4-11H,1-3H3,(H,21,25)(H,22,26). The Labute approximate surface area is 155 Å². The molecule has 3 aromatic rings. The van der Waals surface area contributed by atoms with Crippen LogP contribution in [0, 0.1) is 6.92 Å². The summed E-state index contributed by atoms with van der Waals surface area (Å²) in [6.45, 7) is 1.83. The Morgan fingerprint density at radius 2 is 1.81 bits per heavy atom. The molecule has 0 atom stereocenters. The molecule has 1 aromatic carbocycles. The SMILES string of the molecule is Cc1ccc2ncc(C(=O)NNC(=O)c3cccc(N(C)C)c3)c(=O)n2c1. The first-order valence-corrected chi connectivity index (χ1v) is 8.23. The topological polar surface area (TPSA) is 95.8 Å². The molecule has 138 valence electrons. The number of aromatic nitrogens is 2. The molecule has 0 saturated carbocycles. The molecule has 2 amide bonds. The van der Waals surface area contributed by atoms with Crippen molar-refractivity contribution in [3.8, 4) is 0 Å². The van der Waals surface area contributed by atoms with Crippen molar-refractivity contribution in [1.29, 1.82) is 0 Å². The summed E-state index contributed by atoms with van der Waals surface area (Å²) >= 11 is 0. The highest BCUT2D eigenvalue weighted by atomic mass is 16.2. The maximum absolute atomic E-state index is 12.5. The summed E-state index contributed by atoms with van der Waals surface area (Å²) in [6, 6.07) is 10.4. The van der Waals surface area contributed by atoms with Crippen molar-refractivity contribution in [2.75, 3.05) is 19.0 Å². The highest BCUT2D eigenvalue weighted by molar-refractivity contribution is 5.99. The molecular weight excluding hydrogens is 346 g/mol. The van der Waals surface area contributed by atoms with Gasteiger partial charge in [0.25, 0.3) is 17.4 Å². The van der Waals surface area contributed by atoms with Crippen molar-refractivity contribution >= 4 is 23.1 Å². The number of anilines is 1. The number of hydrazine groups is 1. The van der Waals surface area contributed by atoms with Crippen LogP contribution in [-0.4, -0.2) is 35.3 Å². The predicted octanol–water partition coefficient (Wildman–Crippen LogP) is 1.14. The van der Waals surface area contributed by atoms with E-state index in [0.29, 0.717) is 11.2 Å². The van der Waals surface area contributed by atoms with Gasteiger partial charge in [-0.1, -0.05) is 12.1 Å². The second kappa shape index (κ2) is 7.28. The number of benzene rings is 1. The summed E-state index contributed by atoms with van der Waals surface area (Å²) < 4.78 is 1.30. The Morgan fingerprint density at radius 1 is 1.07 bits per heavy atom. The van der Waals surface area contributed by atoms with Crippen LogP contribution in [0.25, 0.3) is 5.65 Å². The molecule has 0 fully saturated rings. The number of hydrogen-bond donors (Lipinski definition) is 2. The molecule has 8 nitrogen and oxygen atoms in total. The molecule has 0 aliphatic heterocycles. The highest BCUT2D eigenvalue weighted by Gasteiger charge is 2.15. The fourth-order valence-electron chi connectivity index (χ4n) is 2.52. The molecule has 27 heavy (non-hydrogen) atoms. The number of pyridine rings is 1. The van der Waals surface area contributed by atoms with Crippen LogP contribution in [0.4, 0.5) is 5.69 Å². The predicted molar refractivity (Wildman–Crippen MR) is 102 cm³/mol. The lowest BCUT2D eigenvalue weighted by Gasteiger charge is -2.13. The van der Waals surface area contributed by atoms with Crippen LogP contribution >= 0.6 is 0 Å². The molecule has 0 bridgehead atoms. The third kappa shape index (κ3) is 3.79. The first-order valence-electron chi connectivity index (χ1n) is 8.23. The second-order valence-electron chi connectivity index (χ2n) is 6.26. The van der Waals surface area contributed by atoms with Gasteiger partial charge in [-0.3, -0.25) is 29.6 Å². The van der Waals surface area contributed by atoms with Gasteiger partial charge in [0.2, 0.25) is 0 Å². The molecular formula is C19H19N5O3. The number of nitrogens with one attached hydrogen (secondary N) is 2. The smallest absolute Gasteiger partial charge is 0.276 e. The van der Waals surface area contributed by atoms with Crippen molar-refractivity contribution in [3.63, 3.8) is 0 Å². The van der Waals surface area contributed by atoms with E-state index in [0.717, 1.165) is 11.3 Å². The Balaban J connectivity index is 1.77. The number of amides is 2. The Morgan fingerprint density at radius 3 is 2.56 bits per heavy atom. The maximum Gasteiger partial charge on any atom is 0.276 e. The van der Waals surface area contributed by atoms with Gasteiger partial charge in [0.1, 0.15) is 11.2 Å². The maximum atomic E-state index is 12.5. The summed E-state index contributed by atoms with van der Waals surface area (Å²) in [7, 11) is 3.72. The number of carbonyl (C=O) groups excluding carboxylic acids is 2. The van der Waals surface area contributed by atoms with Gasteiger partial charge >= 0.3 is 0 Å². The summed E-state index contributed by atoms with van der Waals surface area (Å²) in [5.74, 6) is -1.22. The van der Waals surface area contributed by atoms with E-state index in [4.69, 9.17) is 0 Å². The molecule has 2 aromatic heterocycles. The van der Waals surface area contributed by atoms with Gasteiger partial charge < -0.3 is 4.90 Å². The summed E-state index contributed by atoms with van der Waals surface area (Å²) in [6.07, 6.45) is 2.80. The Kier molecular flexibility index (Phi) is 4.89. The van der Waals surface area contributed by atoms with Gasteiger partial charge in [0.15, 0.2) is 0 Å². The van der Waals surface area contributed by atoms with Gasteiger partial charge in [0.05, 0.1) is 0 Å². The average Bonchev–Trinajstić information content (AvgIpc) is 2.66. The number of aryl methyl sites for hydroxylation is 1. The molecule has 0 saturated heterocycles. The molecule has 0 spiro atoms. The van der Waals surface area contributed by atoms with Crippen LogP contribution in [0.3, 0.4) is 0 Å². The molecule has 3 rings (SSSR count). The van der Waals surface area contributed by atoms with Crippen molar-refractivity contribution in [3.05, 3.63) is 75.8 Å². The highest BCUT2D eigenvalue weighted by Crippen LogP contribution is 2.13. The molecule has 2 heterocycles. The minimum atomic E-state index is -0.736. The van der Waals surface area contributed by atoms with E-state index in [9.17, 15) is 14.4 Å². The zero-order valence-corrected chi connectivity index (χ0v) is 15.2. The van der Waals surface area contributed by atoms with Crippen molar-refractivity contribution in [1.82, 2.24) is 20.2 Å². The summed E-state index contributed by atoms with van der Waals surface area (Å²) in [5.41, 5.74) is 6.43. The monoisotopic (exact) mass is 365 g/mol. The van der Waals surface area contributed by atoms with E-state index in [2.05, 4.69) is 15.8 Å². The zero-order chi connectivity index (χ0) is 19.6. The normalized spacial score (nSPS) is 10.5. The van der Waals surface area contributed by atoms with Crippen LogP contribution in [0.15, 0.2) is 53.6 Å². The van der Waals surface area contributed by atoms with Crippen LogP contribution in [0.5, 0.6) is 0 Å². The quantitative estimate of drug-likeness (QED) is 0.679. The first kappa shape index (κ1) is 18.1. The third-order valence-electron chi connectivity index (χ3n) is 4.01. The van der Waals surface area contributed by atoms with E-state index in [1.165, 1.54) is 10.6 Å². The second-order valence-corrected chi connectivity index (χ2v) is 6.26. The molecule has 8 heteroatoms. The minimum Gasteiger partial charge on any atom is -0.378 e. The fraction of sp³-hybridized carbons (Fsp3) is 0.158. The number of hydrogen-bond acceptors (Lipinski definition) is 5.